The van der Waals surface area contributed by atoms with Crippen LogP contribution in [0.4, 0.5) is 0 Å². The number of carbonyl (C=O) groups excluding carboxylic acids is 1. The molecule has 0 aliphatic carbocycles. The number of aliphatic imine (C=N–C) groups is 1. The maximum absolute atomic E-state index is 10.3. The summed E-state index contributed by atoms with van der Waals surface area (Å²) in [5.41, 5.74) is 0. The van der Waals surface area contributed by atoms with Crippen LogP contribution in [-0.2, 0) is 9.53 Å². The topological polar surface area (TPSA) is 38.7 Å². The van der Waals surface area contributed by atoms with Crippen LogP contribution in [-0.4, -0.2) is 24.5 Å². The number of methoxy groups -OCH3 is 1. The van der Waals surface area contributed by atoms with E-state index in [2.05, 4.69) is 4.99 Å². The van der Waals surface area contributed by atoms with Gasteiger partial charge < -0.3 is 4.74 Å². The molecular formula is C5H9NO2S. The summed E-state index contributed by atoms with van der Waals surface area (Å²) in [4.78, 5) is 13.8. The highest BCUT2D eigenvalue weighted by molar-refractivity contribution is 8.12. The molecule has 0 aliphatic heterocycles. The zero-order valence-corrected chi connectivity index (χ0v) is 6.49. The van der Waals surface area contributed by atoms with Gasteiger partial charge in [0.05, 0.1) is 7.11 Å². The molecule has 0 heterocycles. The van der Waals surface area contributed by atoms with Crippen molar-refractivity contribution in [2.45, 2.75) is 6.92 Å². The van der Waals surface area contributed by atoms with E-state index in [1.54, 1.807) is 6.26 Å². The van der Waals surface area contributed by atoms with Crippen molar-refractivity contribution in [2.24, 2.45) is 4.99 Å². The average molecular weight is 147 g/mol. The lowest BCUT2D eigenvalue weighted by Crippen LogP contribution is -1.97. The van der Waals surface area contributed by atoms with E-state index in [9.17, 15) is 4.79 Å². The van der Waals surface area contributed by atoms with Gasteiger partial charge >= 0.3 is 0 Å². The monoisotopic (exact) mass is 147 g/mol. The fraction of sp³-hybridized carbons (Fsp3) is 0.600. The third kappa shape index (κ3) is 4.02. The average Bonchev–Trinajstić information content (AvgIpc) is 1.82. The largest absolute Gasteiger partial charge is 0.476 e. The summed E-state index contributed by atoms with van der Waals surface area (Å²) < 4.78 is 4.70. The Balaban J connectivity index is 3.91. The van der Waals surface area contributed by atoms with Gasteiger partial charge in [0.15, 0.2) is 0 Å². The molecule has 0 atom stereocenters. The molecule has 0 aromatic carbocycles. The Kier molecular flexibility index (Phi) is 4.13. The molecule has 1 amide bonds. The summed E-state index contributed by atoms with van der Waals surface area (Å²) in [6.45, 7) is 1.38. The van der Waals surface area contributed by atoms with Gasteiger partial charge in [0, 0.05) is 6.92 Å². The number of amides is 1. The molecule has 0 aliphatic rings. The van der Waals surface area contributed by atoms with Crippen LogP contribution in [0.15, 0.2) is 4.99 Å². The minimum atomic E-state index is -0.235. The number of carbonyl (C=O) groups is 1. The molecule has 0 radical (unpaired) electrons. The highest BCUT2D eigenvalue weighted by Gasteiger charge is 1.94. The van der Waals surface area contributed by atoms with Crippen LogP contribution in [0.3, 0.4) is 0 Å². The number of hydrogen-bond acceptors (Lipinski definition) is 3. The second kappa shape index (κ2) is 4.38. The van der Waals surface area contributed by atoms with Crippen molar-refractivity contribution in [1.82, 2.24) is 0 Å². The molecule has 0 aromatic rings. The molecule has 0 fully saturated rings. The van der Waals surface area contributed by atoms with Crippen molar-refractivity contribution in [3.05, 3.63) is 0 Å². The summed E-state index contributed by atoms with van der Waals surface area (Å²) in [6, 6.07) is 0. The van der Waals surface area contributed by atoms with Crippen LogP contribution in [0.2, 0.25) is 0 Å². The lowest BCUT2D eigenvalue weighted by atomic mass is 10.8. The van der Waals surface area contributed by atoms with E-state index >= 15 is 0 Å². The first-order chi connectivity index (χ1) is 4.20. The van der Waals surface area contributed by atoms with Gasteiger partial charge in [0.1, 0.15) is 0 Å². The summed E-state index contributed by atoms with van der Waals surface area (Å²) in [7, 11) is 1.48. The molecule has 4 heteroatoms. The van der Waals surface area contributed by atoms with Crippen molar-refractivity contribution < 1.29 is 9.53 Å². The Bertz CT molecular complexity index is 127. The molecule has 0 bridgehead atoms. The quantitative estimate of drug-likeness (QED) is 0.377. The fourth-order valence-corrected chi connectivity index (χ4v) is 0.690. The van der Waals surface area contributed by atoms with Gasteiger partial charge in [-0.15, -0.1) is 0 Å². The summed E-state index contributed by atoms with van der Waals surface area (Å²) in [5.74, 6) is -0.235. The van der Waals surface area contributed by atoms with Gasteiger partial charge in [-0.25, -0.2) is 0 Å². The van der Waals surface area contributed by atoms with Crippen molar-refractivity contribution in [1.29, 1.82) is 0 Å². The van der Waals surface area contributed by atoms with Gasteiger partial charge in [-0.1, -0.05) is 11.8 Å². The summed E-state index contributed by atoms with van der Waals surface area (Å²) in [5, 5.41) is 0.405. The highest BCUT2D eigenvalue weighted by atomic mass is 32.2. The first-order valence-electron chi connectivity index (χ1n) is 2.38. The van der Waals surface area contributed by atoms with E-state index in [1.165, 1.54) is 25.8 Å². The lowest BCUT2D eigenvalue weighted by molar-refractivity contribution is -0.115. The molecule has 0 N–H and O–H groups in total. The Morgan fingerprint density at radius 3 is 2.33 bits per heavy atom. The molecule has 0 rings (SSSR count). The van der Waals surface area contributed by atoms with Crippen molar-refractivity contribution in [3.63, 3.8) is 0 Å². The SMILES string of the molecule is CO/C(=N/C(C)=O)SC. The molecule has 0 saturated carbocycles. The van der Waals surface area contributed by atoms with Gasteiger partial charge in [0.25, 0.3) is 5.23 Å². The molecule has 9 heavy (non-hydrogen) atoms. The van der Waals surface area contributed by atoms with Gasteiger partial charge in [-0.2, -0.15) is 4.99 Å². The second-order valence-corrected chi connectivity index (χ2v) is 2.06. The van der Waals surface area contributed by atoms with Crippen LogP contribution in [0.1, 0.15) is 6.92 Å². The molecule has 0 unspecified atom stereocenters. The van der Waals surface area contributed by atoms with Crippen molar-refractivity contribution in [2.75, 3.05) is 13.4 Å². The predicted molar refractivity (Wildman–Crippen MR) is 38.6 cm³/mol. The normalized spacial score (nSPS) is 11.2. The smallest absolute Gasteiger partial charge is 0.253 e. The third-order valence-corrected chi connectivity index (χ3v) is 1.21. The summed E-state index contributed by atoms with van der Waals surface area (Å²) >= 11 is 1.31. The van der Waals surface area contributed by atoms with E-state index in [0.29, 0.717) is 5.23 Å². The molecule has 0 saturated heterocycles. The molecular weight excluding hydrogens is 138 g/mol. The minimum absolute atomic E-state index is 0.235. The maximum atomic E-state index is 10.3. The van der Waals surface area contributed by atoms with E-state index in [-0.39, 0.29) is 5.91 Å². The number of ether oxygens (including phenoxy) is 1. The van der Waals surface area contributed by atoms with Crippen molar-refractivity contribution in [3.8, 4) is 0 Å². The zero-order valence-electron chi connectivity index (χ0n) is 5.67. The first-order valence-corrected chi connectivity index (χ1v) is 3.60. The van der Waals surface area contributed by atoms with E-state index in [0.717, 1.165) is 0 Å². The van der Waals surface area contributed by atoms with Crippen LogP contribution >= 0.6 is 11.8 Å². The van der Waals surface area contributed by atoms with Crippen LogP contribution < -0.4 is 0 Å². The van der Waals surface area contributed by atoms with E-state index in [1.807, 2.05) is 0 Å². The minimum Gasteiger partial charge on any atom is -0.476 e. The van der Waals surface area contributed by atoms with E-state index < -0.39 is 0 Å². The highest BCUT2D eigenvalue weighted by Crippen LogP contribution is 1.97. The Hall–Kier alpha value is -0.510. The Morgan fingerprint density at radius 1 is 1.67 bits per heavy atom. The zero-order chi connectivity index (χ0) is 7.28. The number of nitrogens with zero attached hydrogens (tertiary/aromatic N) is 1. The predicted octanol–water partition coefficient (Wildman–Crippen LogP) is 0.898. The Labute approximate surface area is 58.5 Å². The first kappa shape index (κ1) is 8.49. The van der Waals surface area contributed by atoms with Gasteiger partial charge in [-0.05, 0) is 6.26 Å². The number of rotatable bonds is 0. The lowest BCUT2D eigenvalue weighted by Gasteiger charge is -1.95. The van der Waals surface area contributed by atoms with Crippen LogP contribution in [0.5, 0.6) is 0 Å². The van der Waals surface area contributed by atoms with E-state index in [4.69, 9.17) is 4.74 Å². The van der Waals surface area contributed by atoms with Crippen LogP contribution in [0, 0.1) is 0 Å². The molecule has 0 spiro atoms. The number of hydrogen-bond donors (Lipinski definition) is 0. The van der Waals surface area contributed by atoms with Gasteiger partial charge in [-0.3, -0.25) is 4.79 Å². The summed E-state index contributed by atoms with van der Waals surface area (Å²) in [6.07, 6.45) is 1.80. The Morgan fingerprint density at radius 2 is 2.22 bits per heavy atom. The standard InChI is InChI=1S/C5H9NO2S/c1-4(7)6-5(8-2)9-3/h1-3H3/b6-5-. The van der Waals surface area contributed by atoms with Crippen molar-refractivity contribution >= 4 is 22.9 Å². The van der Waals surface area contributed by atoms with Gasteiger partial charge in [0.2, 0.25) is 5.91 Å². The third-order valence-electron chi connectivity index (χ3n) is 0.598. The second-order valence-electron chi connectivity index (χ2n) is 1.30. The molecule has 52 valence electrons. The number of thioether (sulfide) groups is 1. The molecule has 0 aromatic heterocycles. The maximum Gasteiger partial charge on any atom is 0.253 e. The molecule has 3 nitrogen and oxygen atoms in total. The van der Waals surface area contributed by atoms with Crippen LogP contribution in [0.25, 0.3) is 0 Å². The fourth-order valence-electron chi connectivity index (χ4n) is 0.303.